The van der Waals surface area contributed by atoms with Crippen LogP contribution in [0.5, 0.6) is 0 Å². The maximum atomic E-state index is 9.19. The summed E-state index contributed by atoms with van der Waals surface area (Å²) in [5, 5.41) is 0. The lowest BCUT2D eigenvalue weighted by Gasteiger charge is -1.49. The van der Waals surface area contributed by atoms with Gasteiger partial charge in [0.05, 0.1) is 0 Å². The summed E-state index contributed by atoms with van der Waals surface area (Å²) in [6.07, 6.45) is 6.19. The predicted molar refractivity (Wildman–Crippen MR) is 18.9 cm³/mol. The topological polar surface area (TPSA) is 26.3 Å². The average Bonchev–Trinajstić information content (AvgIpc) is 1.41. The van der Waals surface area contributed by atoms with Crippen molar-refractivity contribution in [1.29, 1.82) is 0 Å². The van der Waals surface area contributed by atoms with Gasteiger partial charge in [-0.2, -0.15) is 4.52 Å². The van der Waals surface area contributed by atoms with Gasteiger partial charge in [0.25, 0.3) is 0 Å². The van der Waals surface area contributed by atoms with Crippen molar-refractivity contribution in [2.24, 2.45) is 0 Å². The van der Waals surface area contributed by atoms with Crippen LogP contribution in [0.4, 0.5) is 0 Å². The highest BCUT2D eigenvalue weighted by atomic mass is 31.1. The largest absolute Gasteiger partial charge is 0.551 e. The molecule has 0 radical (unpaired) electrons. The van der Waals surface area contributed by atoms with Crippen molar-refractivity contribution in [3.8, 4) is 12.5 Å². The van der Waals surface area contributed by atoms with Crippen molar-refractivity contribution in [1.82, 2.24) is 0 Å². The summed E-state index contributed by atoms with van der Waals surface area (Å²) in [7, 11) is -0.828. The van der Waals surface area contributed by atoms with Crippen LogP contribution in [0, 0.1) is 12.5 Å². The monoisotopic (exact) mass is 89.0 g/mol. The normalized spacial score (nSPS) is 6.20. The summed E-state index contributed by atoms with van der Waals surface area (Å²) in [5.74, 6) is 0. The lowest BCUT2D eigenvalue weighted by Crippen LogP contribution is -1.43. The summed E-state index contributed by atoms with van der Waals surface area (Å²) < 4.78 is 13.0. The molecule has 0 aromatic rings. The van der Waals surface area contributed by atoms with Gasteiger partial charge in [-0.15, -0.1) is 0 Å². The van der Waals surface area contributed by atoms with Gasteiger partial charge in [-0.25, -0.2) is 0 Å². The summed E-state index contributed by atoms with van der Waals surface area (Å²) in [6.45, 7) is 0. The van der Waals surface area contributed by atoms with E-state index in [-0.39, 0.29) is 0 Å². The van der Waals surface area contributed by atoms with Crippen LogP contribution >= 0.6 is 8.69 Å². The van der Waals surface area contributed by atoms with Crippen molar-refractivity contribution in [3.63, 3.8) is 0 Å². The highest BCUT2D eigenvalue weighted by molar-refractivity contribution is 7.17. The van der Waals surface area contributed by atoms with Crippen molar-refractivity contribution in [2.45, 2.75) is 0 Å². The standard InChI is InChI=1S/C2H2O2P/c1-2-4-5-3/h1,5H/q+1. The zero-order chi connectivity index (χ0) is 4.12. The Morgan fingerprint density at radius 2 is 2.60 bits per heavy atom. The van der Waals surface area contributed by atoms with E-state index in [1.165, 1.54) is 0 Å². The zero-order valence-corrected chi connectivity index (χ0v) is 3.39. The fourth-order valence-electron chi connectivity index (χ4n) is 0.0241. The van der Waals surface area contributed by atoms with Gasteiger partial charge in [-0.3, -0.25) is 0 Å². The van der Waals surface area contributed by atoms with Crippen LogP contribution in [-0.2, 0) is 9.09 Å². The second-order valence-corrected chi connectivity index (χ2v) is 0.674. The number of rotatable bonds is 1. The molecule has 0 bridgehead atoms. The molecule has 0 aliphatic rings. The molecule has 0 fully saturated rings. The molecule has 0 saturated carbocycles. The molecular weight excluding hydrogens is 87.0 g/mol. The average molecular weight is 89.0 g/mol. The lowest BCUT2D eigenvalue weighted by molar-refractivity contribution is 0.507. The molecular formula is C2H2O2P+. The molecule has 0 rings (SSSR count). The summed E-state index contributed by atoms with van der Waals surface area (Å²) in [4.78, 5) is 0. The Kier molecular flexibility index (Phi) is 3.09. The van der Waals surface area contributed by atoms with E-state index in [4.69, 9.17) is 0 Å². The van der Waals surface area contributed by atoms with Crippen molar-refractivity contribution in [3.05, 3.63) is 0 Å². The predicted octanol–water partition coefficient (Wildman–Crippen LogP) is 0.533. The number of hydrogen-bond acceptors (Lipinski definition) is 2. The Hall–Kier alpha value is -0.540. The van der Waals surface area contributed by atoms with E-state index < -0.39 is 8.69 Å². The maximum Gasteiger partial charge on any atom is 0.551 e. The molecule has 5 heavy (non-hydrogen) atoms. The minimum absolute atomic E-state index is 0.828. The third-order valence-corrected chi connectivity index (χ3v) is 0.302. The SMILES string of the molecule is C#CO[PH+]=O. The Bertz CT molecular complexity index is 62.5. The third kappa shape index (κ3) is 3.46. The van der Waals surface area contributed by atoms with Crippen LogP contribution in [0.2, 0.25) is 0 Å². The lowest BCUT2D eigenvalue weighted by atomic mass is 11.3. The molecule has 2 nitrogen and oxygen atoms in total. The van der Waals surface area contributed by atoms with Gasteiger partial charge in [-0.05, 0) is 4.57 Å². The van der Waals surface area contributed by atoms with Crippen LogP contribution < -0.4 is 0 Å². The minimum atomic E-state index is -0.828. The summed E-state index contributed by atoms with van der Waals surface area (Å²) >= 11 is 0. The van der Waals surface area contributed by atoms with Crippen LogP contribution in [0.3, 0.4) is 0 Å². The molecule has 0 aromatic heterocycles. The molecule has 26 valence electrons. The van der Waals surface area contributed by atoms with E-state index in [0.29, 0.717) is 0 Å². The van der Waals surface area contributed by atoms with Gasteiger partial charge in [0, 0.05) is 0 Å². The first-order valence-electron chi connectivity index (χ1n) is 0.901. The summed E-state index contributed by atoms with van der Waals surface area (Å²) in [6, 6.07) is 0. The second-order valence-electron chi connectivity index (χ2n) is 0.303. The molecule has 0 amide bonds. The number of hydrogen-bond donors (Lipinski definition) is 0. The highest BCUT2D eigenvalue weighted by Gasteiger charge is 1.71. The van der Waals surface area contributed by atoms with Gasteiger partial charge in [-0.1, -0.05) is 6.42 Å². The first-order valence-corrected chi connectivity index (χ1v) is 1.72. The molecule has 0 spiro atoms. The fraction of sp³-hybridized carbons (Fsp3) is 0. The Morgan fingerprint density at radius 1 is 2.00 bits per heavy atom. The Balaban J connectivity index is 2.75. The zero-order valence-electron chi connectivity index (χ0n) is 2.39. The fourth-order valence-corrected chi connectivity index (χ4v) is 0.0722. The molecule has 1 atom stereocenters. The van der Waals surface area contributed by atoms with E-state index in [1.54, 1.807) is 6.11 Å². The molecule has 0 N–H and O–H groups in total. The number of terminal acetylenes is 1. The first kappa shape index (κ1) is 4.46. The molecule has 3 heteroatoms. The third-order valence-electron chi connectivity index (χ3n) is 0.101. The van der Waals surface area contributed by atoms with Crippen LogP contribution in [0.1, 0.15) is 0 Å². The smallest absolute Gasteiger partial charge is 0.200 e. The van der Waals surface area contributed by atoms with Gasteiger partial charge < -0.3 is 0 Å². The molecule has 0 aromatic carbocycles. The van der Waals surface area contributed by atoms with E-state index >= 15 is 0 Å². The van der Waals surface area contributed by atoms with Gasteiger partial charge in [0.2, 0.25) is 0 Å². The quantitative estimate of drug-likeness (QED) is 0.346. The Labute approximate surface area is 31.4 Å². The second kappa shape index (κ2) is 3.46. The first-order chi connectivity index (χ1) is 2.41. The molecule has 0 aliphatic carbocycles. The van der Waals surface area contributed by atoms with Gasteiger partial charge in [0.1, 0.15) is 0 Å². The van der Waals surface area contributed by atoms with Crippen LogP contribution in [0.25, 0.3) is 0 Å². The van der Waals surface area contributed by atoms with Gasteiger partial charge >= 0.3 is 8.69 Å². The maximum absolute atomic E-state index is 9.19. The highest BCUT2D eigenvalue weighted by Crippen LogP contribution is 1.86. The molecule has 0 aliphatic heterocycles. The van der Waals surface area contributed by atoms with Crippen LogP contribution in [-0.4, -0.2) is 0 Å². The van der Waals surface area contributed by atoms with Crippen molar-refractivity contribution < 1.29 is 9.09 Å². The molecule has 0 saturated heterocycles. The van der Waals surface area contributed by atoms with E-state index in [0.717, 1.165) is 0 Å². The van der Waals surface area contributed by atoms with E-state index in [2.05, 4.69) is 10.9 Å². The van der Waals surface area contributed by atoms with Crippen molar-refractivity contribution >= 4 is 8.69 Å². The van der Waals surface area contributed by atoms with Crippen molar-refractivity contribution in [2.75, 3.05) is 0 Å². The van der Waals surface area contributed by atoms with Gasteiger partial charge in [0.15, 0.2) is 6.11 Å². The van der Waals surface area contributed by atoms with Crippen LogP contribution in [0.15, 0.2) is 0 Å². The molecule has 1 unspecified atom stereocenters. The molecule has 0 heterocycles. The van der Waals surface area contributed by atoms with E-state index in [9.17, 15) is 4.57 Å². The minimum Gasteiger partial charge on any atom is -0.200 e. The van der Waals surface area contributed by atoms with E-state index in [1.807, 2.05) is 0 Å². The Morgan fingerprint density at radius 3 is 2.60 bits per heavy atom. The summed E-state index contributed by atoms with van der Waals surface area (Å²) in [5.41, 5.74) is 0.